The Morgan fingerprint density at radius 2 is 1.59 bits per heavy atom. The summed E-state index contributed by atoms with van der Waals surface area (Å²) >= 11 is 0. The molecule has 1 aliphatic carbocycles. The summed E-state index contributed by atoms with van der Waals surface area (Å²) in [5.74, 6) is -6.09. The smallest absolute Gasteiger partial charge is 0.305 e. The van der Waals surface area contributed by atoms with Gasteiger partial charge in [-0.2, -0.15) is 0 Å². The number of nitrogens with one attached hydrogen (secondary N) is 4. The molecule has 6 N–H and O–H groups in total. The van der Waals surface area contributed by atoms with Gasteiger partial charge in [-0.1, -0.05) is 39.5 Å². The quantitative estimate of drug-likeness (QED) is 0.123. The molecule has 44 heavy (non-hydrogen) atoms. The molecule has 0 unspecified atom stereocenters. The molecule has 1 aliphatic heterocycles. The van der Waals surface area contributed by atoms with Crippen molar-refractivity contribution >= 4 is 47.8 Å². The lowest BCUT2D eigenvalue weighted by atomic mass is 9.88. The van der Waals surface area contributed by atoms with Crippen molar-refractivity contribution in [1.82, 2.24) is 26.2 Å². The van der Waals surface area contributed by atoms with Gasteiger partial charge in [-0.05, 0) is 31.6 Å². The van der Waals surface area contributed by atoms with E-state index >= 15 is 0 Å². The van der Waals surface area contributed by atoms with E-state index in [1.165, 1.54) is 6.92 Å². The molecule has 1 saturated carbocycles. The number of likely N-dealkylation sites (tertiary alicyclic amines) is 1. The number of carbonyl (C=O) groups excluding carboxylic acids is 6. The summed E-state index contributed by atoms with van der Waals surface area (Å²) in [7, 11) is 0. The number of carboxylic acid groups (broad SMARTS) is 2. The van der Waals surface area contributed by atoms with Crippen LogP contribution in [0.2, 0.25) is 0 Å². The normalized spacial score (nSPS) is 21.2. The number of aldehydes is 1. The first-order chi connectivity index (χ1) is 20.8. The van der Waals surface area contributed by atoms with Gasteiger partial charge in [0.1, 0.15) is 24.4 Å². The lowest BCUT2D eigenvalue weighted by Crippen LogP contribution is -2.58. The highest BCUT2D eigenvalue weighted by Crippen LogP contribution is 2.26. The van der Waals surface area contributed by atoms with E-state index < -0.39 is 78.6 Å². The fourth-order valence-corrected chi connectivity index (χ4v) is 5.62. The van der Waals surface area contributed by atoms with Gasteiger partial charge in [-0.15, -0.1) is 0 Å². The highest BCUT2D eigenvalue weighted by Gasteiger charge is 2.44. The summed E-state index contributed by atoms with van der Waals surface area (Å²) in [6.07, 6.45) is 3.52. The number of hydrogen-bond acceptors (Lipinski definition) is 8. The SMILES string of the molecule is CC[C@H](C)[C@H](NC(C)=O)C(=O)N[C@@H](CCC(=O)O)C(=O)N1C[C@H](NC(=O)C2CCCCC2)C[C@H]1C(=O)N[C@H](C=O)CC(=O)O. The Labute approximate surface area is 256 Å². The van der Waals surface area contributed by atoms with Gasteiger partial charge >= 0.3 is 11.9 Å². The predicted molar refractivity (Wildman–Crippen MR) is 155 cm³/mol. The van der Waals surface area contributed by atoms with Gasteiger partial charge < -0.3 is 41.2 Å². The maximum atomic E-state index is 13.9. The lowest BCUT2D eigenvalue weighted by Gasteiger charge is -2.31. The van der Waals surface area contributed by atoms with Crippen LogP contribution < -0.4 is 21.3 Å². The number of carbonyl (C=O) groups is 8. The molecule has 1 saturated heterocycles. The van der Waals surface area contributed by atoms with Gasteiger partial charge in [-0.25, -0.2) is 0 Å². The Morgan fingerprint density at radius 3 is 2.14 bits per heavy atom. The van der Waals surface area contributed by atoms with E-state index in [1.54, 1.807) is 6.92 Å². The molecule has 246 valence electrons. The minimum atomic E-state index is -1.40. The second-order valence-corrected chi connectivity index (χ2v) is 11.7. The van der Waals surface area contributed by atoms with Crippen LogP contribution in [0.1, 0.15) is 85.0 Å². The van der Waals surface area contributed by atoms with Crippen molar-refractivity contribution in [3.63, 3.8) is 0 Å². The van der Waals surface area contributed by atoms with Crippen molar-refractivity contribution in [1.29, 1.82) is 0 Å². The average Bonchev–Trinajstić information content (AvgIpc) is 3.40. The van der Waals surface area contributed by atoms with Crippen molar-refractivity contribution in [3.8, 4) is 0 Å². The maximum Gasteiger partial charge on any atom is 0.305 e. The minimum Gasteiger partial charge on any atom is -0.481 e. The van der Waals surface area contributed by atoms with Crippen molar-refractivity contribution in [2.24, 2.45) is 11.8 Å². The number of rotatable bonds is 16. The Bertz CT molecular complexity index is 1090. The van der Waals surface area contributed by atoms with Crippen molar-refractivity contribution in [3.05, 3.63) is 0 Å². The molecule has 1 heterocycles. The lowest BCUT2D eigenvalue weighted by molar-refractivity contribution is -0.144. The summed E-state index contributed by atoms with van der Waals surface area (Å²) in [6.45, 7) is 4.64. The van der Waals surface area contributed by atoms with E-state index in [0.29, 0.717) is 6.42 Å². The van der Waals surface area contributed by atoms with Crippen LogP contribution in [0.15, 0.2) is 0 Å². The van der Waals surface area contributed by atoms with E-state index in [1.807, 2.05) is 6.92 Å². The van der Waals surface area contributed by atoms with Crippen LogP contribution in [0.3, 0.4) is 0 Å². The molecule has 0 aromatic heterocycles. The molecule has 6 atom stereocenters. The van der Waals surface area contributed by atoms with Gasteiger partial charge in [0, 0.05) is 31.8 Å². The first-order valence-electron chi connectivity index (χ1n) is 15.1. The second kappa shape index (κ2) is 17.3. The molecule has 0 radical (unpaired) electrons. The summed E-state index contributed by atoms with van der Waals surface area (Å²) in [4.78, 5) is 100. The molecule has 0 aromatic rings. The van der Waals surface area contributed by atoms with Crippen LogP contribution >= 0.6 is 0 Å². The van der Waals surface area contributed by atoms with E-state index in [4.69, 9.17) is 5.11 Å². The average molecular weight is 624 g/mol. The molecule has 15 nitrogen and oxygen atoms in total. The summed E-state index contributed by atoms with van der Waals surface area (Å²) < 4.78 is 0. The second-order valence-electron chi connectivity index (χ2n) is 11.7. The first kappa shape index (κ1) is 36.2. The monoisotopic (exact) mass is 623 g/mol. The standard InChI is InChI=1S/C29H45N5O10/c1-4-16(2)25(30-17(3)36)28(43)33-21(10-11-23(37)38)29(44)34-14-19(31-26(41)18-8-6-5-7-9-18)12-22(34)27(42)32-20(15-35)13-24(39)40/h15-16,18-22,25H,4-14H2,1-3H3,(H,30,36)(H,31,41)(H,32,42)(H,33,43)(H,37,38)(H,39,40)/t16-,19+,20-,21-,22-,25-/m0/s1. The molecule has 0 spiro atoms. The minimum absolute atomic E-state index is 0.0460. The van der Waals surface area contributed by atoms with Crippen molar-refractivity contribution < 1.29 is 48.6 Å². The fourth-order valence-electron chi connectivity index (χ4n) is 5.62. The maximum absolute atomic E-state index is 13.9. The van der Waals surface area contributed by atoms with Crippen LogP contribution in [0.5, 0.6) is 0 Å². The Kier molecular flexibility index (Phi) is 14.2. The highest BCUT2D eigenvalue weighted by molar-refractivity contribution is 5.95. The zero-order valence-electron chi connectivity index (χ0n) is 25.5. The largest absolute Gasteiger partial charge is 0.481 e. The summed E-state index contributed by atoms with van der Waals surface area (Å²) in [5, 5.41) is 28.7. The van der Waals surface area contributed by atoms with Gasteiger partial charge in [0.15, 0.2) is 0 Å². The van der Waals surface area contributed by atoms with Gasteiger partial charge in [0.25, 0.3) is 0 Å². The Hall–Kier alpha value is -4.04. The topological polar surface area (TPSA) is 228 Å². The summed E-state index contributed by atoms with van der Waals surface area (Å²) in [5.41, 5.74) is 0. The molecular formula is C29H45N5O10. The van der Waals surface area contributed by atoms with Crippen LogP contribution in [-0.2, 0) is 38.4 Å². The molecule has 15 heteroatoms. The van der Waals surface area contributed by atoms with Crippen LogP contribution in [0.25, 0.3) is 0 Å². The summed E-state index contributed by atoms with van der Waals surface area (Å²) in [6, 6.07) is -5.70. The number of amides is 5. The third-order valence-corrected chi connectivity index (χ3v) is 8.21. The van der Waals surface area contributed by atoms with Crippen molar-refractivity contribution in [2.45, 2.75) is 115 Å². The molecule has 2 rings (SSSR count). The van der Waals surface area contributed by atoms with Gasteiger partial charge in [0.05, 0.1) is 12.5 Å². The molecule has 2 aliphatic rings. The highest BCUT2D eigenvalue weighted by atomic mass is 16.4. The third-order valence-electron chi connectivity index (χ3n) is 8.21. The zero-order chi connectivity index (χ0) is 33.0. The number of aliphatic carboxylic acids is 2. The molecule has 0 bridgehead atoms. The van der Waals surface area contributed by atoms with Crippen molar-refractivity contribution in [2.75, 3.05) is 6.54 Å². The fraction of sp³-hybridized carbons (Fsp3) is 0.724. The predicted octanol–water partition coefficient (Wildman–Crippen LogP) is -0.289. The van der Waals surface area contributed by atoms with E-state index in [0.717, 1.165) is 37.0 Å². The zero-order valence-corrected chi connectivity index (χ0v) is 25.5. The molecular weight excluding hydrogens is 578 g/mol. The first-order valence-corrected chi connectivity index (χ1v) is 15.1. The molecule has 2 fully saturated rings. The number of hydrogen-bond donors (Lipinski definition) is 6. The number of nitrogens with zero attached hydrogens (tertiary/aromatic N) is 1. The van der Waals surface area contributed by atoms with Gasteiger partial charge in [-0.3, -0.25) is 33.6 Å². The van der Waals surface area contributed by atoms with E-state index in [2.05, 4.69) is 21.3 Å². The third kappa shape index (κ3) is 10.9. The number of carboxylic acids is 2. The Morgan fingerprint density at radius 1 is 0.932 bits per heavy atom. The van der Waals surface area contributed by atoms with Crippen LogP contribution in [-0.4, -0.2) is 99.6 Å². The Balaban J connectivity index is 2.35. The van der Waals surface area contributed by atoms with E-state index in [-0.39, 0.29) is 43.4 Å². The van der Waals surface area contributed by atoms with Gasteiger partial charge in [0.2, 0.25) is 29.5 Å². The van der Waals surface area contributed by atoms with E-state index in [9.17, 15) is 43.5 Å². The molecule has 5 amide bonds. The molecule has 0 aromatic carbocycles. The van der Waals surface area contributed by atoms with Crippen LogP contribution in [0, 0.1) is 11.8 Å². The van der Waals surface area contributed by atoms with Crippen LogP contribution in [0.4, 0.5) is 0 Å².